The first-order valence-corrected chi connectivity index (χ1v) is 6.82. The van der Waals surface area contributed by atoms with Crippen LogP contribution in [0.1, 0.15) is 32.1 Å². The molecule has 1 aliphatic carbocycles. The molecule has 3 fully saturated rings. The summed E-state index contributed by atoms with van der Waals surface area (Å²) in [5, 5.41) is 3.48. The molecule has 3 heteroatoms. The zero-order valence-electron chi connectivity index (χ0n) is 9.95. The minimum Gasteiger partial charge on any atom is -0.342 e. The zero-order valence-corrected chi connectivity index (χ0v) is 9.95. The first kappa shape index (κ1) is 10.6. The lowest BCUT2D eigenvalue weighted by Crippen LogP contribution is -2.53. The van der Waals surface area contributed by atoms with E-state index in [1.54, 1.807) is 0 Å². The summed E-state index contributed by atoms with van der Waals surface area (Å²) in [5.74, 6) is 2.27. The maximum absolute atomic E-state index is 12.3. The predicted molar refractivity (Wildman–Crippen MR) is 63.0 cm³/mol. The molecule has 0 aromatic carbocycles. The van der Waals surface area contributed by atoms with E-state index in [-0.39, 0.29) is 0 Å². The number of nitrogens with zero attached hydrogens (tertiary/aromatic N) is 1. The van der Waals surface area contributed by atoms with Crippen LogP contribution in [0.15, 0.2) is 0 Å². The average molecular weight is 222 g/mol. The third-order valence-electron chi connectivity index (χ3n) is 4.51. The van der Waals surface area contributed by atoms with Crippen molar-refractivity contribution in [3.05, 3.63) is 0 Å². The van der Waals surface area contributed by atoms with Crippen molar-refractivity contribution < 1.29 is 4.79 Å². The molecule has 2 atom stereocenters. The maximum Gasteiger partial charge on any atom is 0.225 e. The molecule has 2 aliphatic heterocycles. The molecule has 3 nitrogen and oxygen atoms in total. The highest BCUT2D eigenvalue weighted by atomic mass is 16.2. The summed E-state index contributed by atoms with van der Waals surface area (Å²) < 4.78 is 0. The van der Waals surface area contributed by atoms with Crippen LogP contribution in [0, 0.1) is 17.8 Å². The van der Waals surface area contributed by atoms with Crippen LogP contribution in [0.2, 0.25) is 0 Å². The van der Waals surface area contributed by atoms with E-state index in [2.05, 4.69) is 10.2 Å². The molecular formula is C13H22N2O. The summed E-state index contributed by atoms with van der Waals surface area (Å²) in [7, 11) is 0. The van der Waals surface area contributed by atoms with Gasteiger partial charge in [0.2, 0.25) is 5.91 Å². The Morgan fingerprint density at radius 3 is 2.31 bits per heavy atom. The monoisotopic (exact) mass is 222 g/mol. The molecule has 3 rings (SSSR count). The summed E-state index contributed by atoms with van der Waals surface area (Å²) >= 11 is 0. The molecule has 1 saturated carbocycles. The number of nitrogens with one attached hydrogen (secondary N) is 1. The molecule has 0 unspecified atom stereocenters. The highest BCUT2D eigenvalue weighted by Crippen LogP contribution is 2.30. The van der Waals surface area contributed by atoms with Crippen molar-refractivity contribution in [1.29, 1.82) is 0 Å². The molecule has 90 valence electrons. The number of likely N-dealkylation sites (tertiary alicyclic amines) is 1. The van der Waals surface area contributed by atoms with Crippen LogP contribution in [0.3, 0.4) is 0 Å². The molecule has 1 N–H and O–H groups in total. The van der Waals surface area contributed by atoms with Gasteiger partial charge in [-0.15, -0.1) is 0 Å². The van der Waals surface area contributed by atoms with Crippen LogP contribution in [0.25, 0.3) is 0 Å². The van der Waals surface area contributed by atoms with Gasteiger partial charge in [0.1, 0.15) is 0 Å². The average Bonchev–Trinajstić information content (AvgIpc) is 2.81. The number of carbonyl (C=O) groups is 1. The fourth-order valence-corrected chi connectivity index (χ4v) is 3.72. The van der Waals surface area contributed by atoms with E-state index in [0.717, 1.165) is 50.9 Å². The number of carbonyl (C=O) groups excluding carboxylic acids is 1. The number of piperidine rings is 2. The minimum absolute atomic E-state index is 0.367. The second kappa shape index (κ2) is 4.36. The number of hydrogen-bond donors (Lipinski definition) is 1. The van der Waals surface area contributed by atoms with Gasteiger partial charge >= 0.3 is 0 Å². The van der Waals surface area contributed by atoms with Gasteiger partial charge < -0.3 is 10.2 Å². The van der Waals surface area contributed by atoms with Crippen molar-refractivity contribution in [3.8, 4) is 0 Å². The Kier molecular flexibility index (Phi) is 2.88. The van der Waals surface area contributed by atoms with E-state index in [1.807, 2.05) is 0 Å². The topological polar surface area (TPSA) is 32.3 Å². The van der Waals surface area contributed by atoms with Crippen LogP contribution >= 0.6 is 0 Å². The normalized spacial score (nSPS) is 35.4. The van der Waals surface area contributed by atoms with Gasteiger partial charge in [-0.25, -0.2) is 0 Å². The summed E-state index contributed by atoms with van der Waals surface area (Å²) in [6.07, 6.45) is 6.14. The summed E-state index contributed by atoms with van der Waals surface area (Å²) in [6, 6.07) is 0. The molecule has 2 saturated heterocycles. The fraction of sp³-hybridized carbons (Fsp3) is 0.923. The van der Waals surface area contributed by atoms with Crippen LogP contribution in [-0.4, -0.2) is 37.0 Å². The molecule has 1 amide bonds. The summed E-state index contributed by atoms with van der Waals surface area (Å²) in [6.45, 7) is 4.26. The van der Waals surface area contributed by atoms with Crippen molar-refractivity contribution in [2.45, 2.75) is 32.1 Å². The van der Waals surface area contributed by atoms with Crippen molar-refractivity contribution in [2.24, 2.45) is 17.8 Å². The van der Waals surface area contributed by atoms with E-state index >= 15 is 0 Å². The van der Waals surface area contributed by atoms with Crippen molar-refractivity contribution in [3.63, 3.8) is 0 Å². The van der Waals surface area contributed by atoms with Gasteiger partial charge in [-0.1, -0.05) is 12.8 Å². The van der Waals surface area contributed by atoms with Gasteiger partial charge in [-0.3, -0.25) is 4.79 Å². The zero-order chi connectivity index (χ0) is 11.0. The van der Waals surface area contributed by atoms with Crippen LogP contribution in [-0.2, 0) is 4.79 Å². The standard InChI is InChI=1S/C13H22N2O/c16-13(12-3-1-2-4-12)15-8-10-5-11(9-15)7-14-6-10/h10-12,14H,1-9H2/t10-,11+. The smallest absolute Gasteiger partial charge is 0.225 e. The van der Waals surface area contributed by atoms with E-state index in [9.17, 15) is 4.79 Å². The largest absolute Gasteiger partial charge is 0.342 e. The van der Waals surface area contributed by atoms with Crippen LogP contribution in [0.4, 0.5) is 0 Å². The third-order valence-corrected chi connectivity index (χ3v) is 4.51. The lowest BCUT2D eigenvalue weighted by molar-refractivity contribution is -0.138. The number of rotatable bonds is 1. The number of amides is 1. The van der Waals surface area contributed by atoms with Crippen molar-refractivity contribution in [2.75, 3.05) is 26.2 Å². The van der Waals surface area contributed by atoms with Gasteiger partial charge in [0.15, 0.2) is 0 Å². The summed E-state index contributed by atoms with van der Waals surface area (Å²) in [4.78, 5) is 14.5. The Bertz CT molecular complexity index is 261. The predicted octanol–water partition coefficient (Wildman–Crippen LogP) is 1.24. The molecule has 0 aromatic rings. The fourth-order valence-electron chi connectivity index (χ4n) is 3.72. The lowest BCUT2D eigenvalue weighted by Gasteiger charge is -2.42. The van der Waals surface area contributed by atoms with E-state index in [0.29, 0.717) is 11.8 Å². The molecule has 2 heterocycles. The second-order valence-corrected chi connectivity index (χ2v) is 5.85. The Morgan fingerprint density at radius 1 is 1.06 bits per heavy atom. The number of fused-ring (bicyclic) bond motifs is 2. The van der Waals surface area contributed by atoms with Gasteiger partial charge in [-0.05, 0) is 44.2 Å². The van der Waals surface area contributed by atoms with Crippen molar-refractivity contribution in [1.82, 2.24) is 10.2 Å². The Morgan fingerprint density at radius 2 is 1.69 bits per heavy atom. The highest BCUT2D eigenvalue weighted by Gasteiger charge is 2.35. The molecule has 2 bridgehead atoms. The van der Waals surface area contributed by atoms with Gasteiger partial charge in [0.05, 0.1) is 0 Å². The highest BCUT2D eigenvalue weighted by molar-refractivity contribution is 5.79. The SMILES string of the molecule is O=C(C1CCCC1)N1C[C@@H]2CNC[C@@H](C2)C1. The van der Waals surface area contributed by atoms with Gasteiger partial charge in [-0.2, -0.15) is 0 Å². The minimum atomic E-state index is 0.367. The first-order chi connectivity index (χ1) is 7.83. The molecule has 0 aromatic heterocycles. The van der Waals surface area contributed by atoms with E-state index < -0.39 is 0 Å². The quantitative estimate of drug-likeness (QED) is 0.724. The number of hydrogen-bond acceptors (Lipinski definition) is 2. The molecule has 3 aliphatic rings. The van der Waals surface area contributed by atoms with Gasteiger partial charge in [0.25, 0.3) is 0 Å². The maximum atomic E-state index is 12.3. The molecular weight excluding hydrogens is 200 g/mol. The Hall–Kier alpha value is -0.570. The Balaban J connectivity index is 1.63. The first-order valence-electron chi connectivity index (χ1n) is 6.82. The third kappa shape index (κ3) is 1.97. The molecule has 16 heavy (non-hydrogen) atoms. The van der Waals surface area contributed by atoms with E-state index in [1.165, 1.54) is 19.3 Å². The molecule has 0 radical (unpaired) electrons. The second-order valence-electron chi connectivity index (χ2n) is 5.85. The Labute approximate surface area is 97.6 Å². The summed E-state index contributed by atoms with van der Waals surface area (Å²) in [5.41, 5.74) is 0. The molecule has 0 spiro atoms. The lowest BCUT2D eigenvalue weighted by atomic mass is 9.85. The van der Waals surface area contributed by atoms with Crippen LogP contribution in [0.5, 0.6) is 0 Å². The van der Waals surface area contributed by atoms with Crippen LogP contribution < -0.4 is 5.32 Å². The van der Waals surface area contributed by atoms with Gasteiger partial charge in [0, 0.05) is 19.0 Å². The van der Waals surface area contributed by atoms with E-state index in [4.69, 9.17) is 0 Å². The van der Waals surface area contributed by atoms with Crippen molar-refractivity contribution >= 4 is 5.91 Å².